The predicted molar refractivity (Wildman–Crippen MR) is 26.2 cm³/mol. The Kier molecular flexibility index (Phi) is 12.7. The minimum absolute atomic E-state index is 0. The van der Waals surface area contributed by atoms with Gasteiger partial charge in [0.1, 0.15) is 11.4 Å². The molecular weight excluding hydrogens is 155 g/mol. The first-order valence-electron chi connectivity index (χ1n) is 2.16. The topological polar surface area (TPSA) is 58.6 Å². The molecule has 0 bridgehead atoms. The summed E-state index contributed by atoms with van der Waals surface area (Å²) in [4.78, 5) is 4.13. The van der Waals surface area contributed by atoms with Crippen molar-refractivity contribution in [2.24, 2.45) is 0 Å². The maximum atomic E-state index is 9.53. The van der Waals surface area contributed by atoms with Crippen molar-refractivity contribution in [2.75, 3.05) is 6.61 Å². The van der Waals surface area contributed by atoms with E-state index in [0.29, 0.717) is 6.61 Å². The van der Waals surface area contributed by atoms with E-state index in [4.69, 9.17) is 0 Å². The van der Waals surface area contributed by atoms with Gasteiger partial charge in [-0.2, -0.15) is 0 Å². The van der Waals surface area contributed by atoms with Crippen molar-refractivity contribution in [1.82, 2.24) is 0 Å². The molecule has 6 heteroatoms. The zero-order valence-electron chi connectivity index (χ0n) is 5.46. The van der Waals surface area contributed by atoms with Gasteiger partial charge < -0.3 is 4.55 Å². The minimum Gasteiger partial charge on any atom is -0.748 e. The second-order valence-corrected chi connectivity index (χ2v) is 1.64. The Balaban J connectivity index is 0. The van der Waals surface area contributed by atoms with Crippen molar-refractivity contribution in [3.05, 3.63) is 0 Å². The fourth-order valence-corrected chi connectivity index (χ4v) is 0.303. The van der Waals surface area contributed by atoms with E-state index in [-0.39, 0.29) is 29.6 Å². The van der Waals surface area contributed by atoms with Gasteiger partial charge in [-0.1, -0.05) is 6.92 Å². The van der Waals surface area contributed by atoms with E-state index in [0.717, 1.165) is 6.42 Å². The number of hydrogen-bond acceptors (Lipinski definition) is 4. The van der Waals surface area contributed by atoms with Crippen LogP contribution in [0.25, 0.3) is 0 Å². The Morgan fingerprint density at radius 2 is 2.22 bits per heavy atom. The molecule has 0 aliphatic carbocycles. The smallest absolute Gasteiger partial charge is 0.748 e. The van der Waals surface area contributed by atoms with Gasteiger partial charge in [-0.05, 0) is 6.42 Å². The summed E-state index contributed by atoms with van der Waals surface area (Å²) in [7, 11) is 0. The molecule has 0 fully saturated rings. The van der Waals surface area contributed by atoms with E-state index in [1.807, 2.05) is 6.92 Å². The average molecular weight is 162 g/mol. The monoisotopic (exact) mass is 162 g/mol. The molecule has 1 unspecified atom stereocenters. The first kappa shape index (κ1) is 12.7. The van der Waals surface area contributed by atoms with Crippen LogP contribution in [-0.4, -0.2) is 15.4 Å². The molecule has 0 aromatic heterocycles. The molecule has 0 heterocycles. The molecule has 0 saturated carbocycles. The third-order valence-corrected chi connectivity index (χ3v) is 0.598. The predicted octanol–water partition coefficient (Wildman–Crippen LogP) is -2.86. The van der Waals surface area contributed by atoms with Crippen LogP contribution in [0.2, 0.25) is 0 Å². The third kappa shape index (κ3) is 12.3. The number of hydrogen-bond donors (Lipinski definition) is 0. The Labute approximate surface area is 78.6 Å². The van der Waals surface area contributed by atoms with Gasteiger partial charge in [0.05, 0.1) is 6.61 Å². The summed E-state index contributed by atoms with van der Waals surface area (Å²) in [6.45, 7) is 2.14. The molecular formula is C3H7NaO4S. The zero-order chi connectivity index (χ0) is 6.41. The van der Waals surface area contributed by atoms with Crippen molar-refractivity contribution in [2.45, 2.75) is 13.3 Å². The van der Waals surface area contributed by atoms with Gasteiger partial charge in [0.25, 0.3) is 0 Å². The summed E-state index contributed by atoms with van der Waals surface area (Å²) in [6.07, 6.45) is 0.733. The van der Waals surface area contributed by atoms with E-state index in [2.05, 4.69) is 9.22 Å². The Hall–Kier alpha value is 1.03. The van der Waals surface area contributed by atoms with Gasteiger partial charge in [-0.15, -0.1) is 4.33 Å². The standard InChI is InChI=1S/C3H8O4S.Na/c1-2-3-6-7-8(4)5;/h2-3H2,1H3,(H,4,5);/q;+1/p-1. The molecule has 0 saturated heterocycles. The Bertz CT molecular complexity index is 78.2. The molecule has 0 spiro atoms. The van der Waals surface area contributed by atoms with E-state index in [1.54, 1.807) is 0 Å². The number of rotatable bonds is 4. The Morgan fingerprint density at radius 3 is 2.56 bits per heavy atom. The van der Waals surface area contributed by atoms with Crippen molar-refractivity contribution < 1.29 is 47.5 Å². The molecule has 0 aromatic carbocycles. The van der Waals surface area contributed by atoms with E-state index >= 15 is 0 Å². The third-order valence-electron chi connectivity index (χ3n) is 0.391. The van der Waals surface area contributed by atoms with Crippen molar-refractivity contribution in [1.29, 1.82) is 0 Å². The van der Waals surface area contributed by atoms with Gasteiger partial charge in [-0.3, -0.25) is 0 Å². The minimum atomic E-state index is -2.54. The quantitative estimate of drug-likeness (QED) is 0.147. The van der Waals surface area contributed by atoms with Gasteiger partial charge in [0.15, 0.2) is 0 Å². The molecule has 0 aliphatic rings. The summed E-state index contributed by atoms with van der Waals surface area (Å²) in [5.74, 6) is 0. The van der Waals surface area contributed by atoms with Crippen LogP contribution in [0, 0.1) is 0 Å². The molecule has 9 heavy (non-hydrogen) atoms. The maximum absolute atomic E-state index is 9.53. The molecule has 0 amide bonds. The first-order chi connectivity index (χ1) is 3.77. The fraction of sp³-hybridized carbons (Fsp3) is 1.00. The Morgan fingerprint density at radius 1 is 1.67 bits per heavy atom. The van der Waals surface area contributed by atoms with Crippen LogP contribution in [0.4, 0.5) is 0 Å². The second-order valence-electron chi connectivity index (χ2n) is 1.09. The summed E-state index contributed by atoms with van der Waals surface area (Å²) in [5, 5.41) is 0. The van der Waals surface area contributed by atoms with Gasteiger partial charge >= 0.3 is 29.6 Å². The summed E-state index contributed by atoms with van der Waals surface area (Å²) in [6, 6.07) is 0. The zero-order valence-corrected chi connectivity index (χ0v) is 8.27. The molecule has 0 radical (unpaired) electrons. The van der Waals surface area contributed by atoms with Crippen LogP contribution < -0.4 is 29.6 Å². The van der Waals surface area contributed by atoms with Gasteiger partial charge in [0.2, 0.25) is 0 Å². The van der Waals surface area contributed by atoms with E-state index in [1.165, 1.54) is 0 Å². The molecule has 0 rings (SSSR count). The van der Waals surface area contributed by atoms with Crippen LogP contribution in [0.5, 0.6) is 0 Å². The maximum Gasteiger partial charge on any atom is 1.00 e. The molecule has 0 N–H and O–H groups in total. The summed E-state index contributed by atoms with van der Waals surface area (Å²) < 4.78 is 22.8. The molecule has 4 nitrogen and oxygen atoms in total. The summed E-state index contributed by atoms with van der Waals surface area (Å²) in [5.41, 5.74) is 0. The SMILES string of the molecule is CCCOOS(=O)[O-].[Na+]. The average Bonchev–Trinajstić information content (AvgIpc) is 1.66. The van der Waals surface area contributed by atoms with Crippen LogP contribution in [0.3, 0.4) is 0 Å². The fourth-order valence-electron chi connectivity index (χ4n) is 0.157. The van der Waals surface area contributed by atoms with Crippen LogP contribution in [0.15, 0.2) is 0 Å². The van der Waals surface area contributed by atoms with Crippen molar-refractivity contribution in [3.63, 3.8) is 0 Å². The molecule has 0 aromatic rings. The molecule has 50 valence electrons. The second kappa shape index (κ2) is 9.03. The van der Waals surface area contributed by atoms with E-state index in [9.17, 15) is 8.76 Å². The summed E-state index contributed by atoms with van der Waals surface area (Å²) >= 11 is -2.54. The van der Waals surface area contributed by atoms with Gasteiger partial charge in [0, 0.05) is 0 Å². The molecule has 0 aliphatic heterocycles. The van der Waals surface area contributed by atoms with Crippen LogP contribution in [0.1, 0.15) is 13.3 Å². The van der Waals surface area contributed by atoms with Crippen molar-refractivity contribution >= 4 is 11.4 Å². The van der Waals surface area contributed by atoms with Crippen LogP contribution >= 0.6 is 0 Å². The van der Waals surface area contributed by atoms with E-state index < -0.39 is 11.4 Å². The first-order valence-corrected chi connectivity index (χ1v) is 3.16. The normalized spacial score (nSPS) is 12.2. The largest absolute Gasteiger partial charge is 1.00 e. The van der Waals surface area contributed by atoms with Crippen molar-refractivity contribution in [3.8, 4) is 0 Å². The van der Waals surface area contributed by atoms with Crippen LogP contribution in [-0.2, 0) is 20.6 Å². The van der Waals surface area contributed by atoms with Gasteiger partial charge in [-0.25, -0.2) is 9.10 Å². The molecule has 1 atom stereocenters.